The van der Waals surface area contributed by atoms with Crippen LogP contribution in [0, 0.1) is 0 Å². The zero-order chi connectivity index (χ0) is 16.6. The van der Waals surface area contributed by atoms with Gasteiger partial charge in [0.2, 0.25) is 0 Å². The van der Waals surface area contributed by atoms with Gasteiger partial charge in [0.15, 0.2) is 23.8 Å². The van der Waals surface area contributed by atoms with E-state index in [1.807, 2.05) is 0 Å². The molecule has 0 atom stereocenters. The first-order chi connectivity index (χ1) is 8.93. The van der Waals surface area contributed by atoms with Gasteiger partial charge in [-0.1, -0.05) is 20.4 Å². The van der Waals surface area contributed by atoms with Crippen LogP contribution in [0.1, 0.15) is 34.6 Å². The van der Waals surface area contributed by atoms with Crippen molar-refractivity contribution in [1.82, 2.24) is 0 Å². The molecule has 0 saturated carbocycles. The summed E-state index contributed by atoms with van der Waals surface area (Å²) in [6.45, 7) is 10.8. The summed E-state index contributed by atoms with van der Waals surface area (Å²) in [6.07, 6.45) is 1.14. The minimum absolute atomic E-state index is 0.154. The highest BCUT2D eigenvalue weighted by atomic mass is 32.3. The predicted molar refractivity (Wildman–Crippen MR) is 79.8 cm³/mol. The fourth-order valence-corrected chi connectivity index (χ4v) is 4.73. The molecule has 0 aliphatic rings. The molecule has 0 amide bonds. The highest BCUT2D eigenvalue weighted by Gasteiger charge is 2.44. The summed E-state index contributed by atoms with van der Waals surface area (Å²) in [5, 5.41) is 0. The Morgan fingerprint density at radius 3 is 1.55 bits per heavy atom. The van der Waals surface area contributed by atoms with Gasteiger partial charge in [-0.15, -0.1) is 0 Å². The molecule has 0 rings (SSSR count). The van der Waals surface area contributed by atoms with Gasteiger partial charge in [0.1, 0.15) is 0 Å². The second-order valence-corrected chi connectivity index (χ2v) is 10.1. The van der Waals surface area contributed by atoms with Crippen LogP contribution in [0.25, 0.3) is 0 Å². The summed E-state index contributed by atoms with van der Waals surface area (Å²) in [6, 6.07) is 0. The fourth-order valence-electron chi connectivity index (χ4n) is 1.09. The van der Waals surface area contributed by atoms with Crippen molar-refractivity contribution in [2.24, 2.45) is 0 Å². The summed E-state index contributed by atoms with van der Waals surface area (Å²) in [5.74, 6) is -0.666. The van der Waals surface area contributed by atoms with E-state index < -0.39 is 23.8 Å². The summed E-state index contributed by atoms with van der Waals surface area (Å²) < 4.78 is 48.6. The zero-order valence-electron chi connectivity index (χ0n) is 12.7. The molecule has 20 heavy (non-hydrogen) atoms. The van der Waals surface area contributed by atoms with Crippen LogP contribution >= 0.6 is 0 Å². The van der Waals surface area contributed by atoms with Gasteiger partial charge in [-0.05, 0) is 20.8 Å². The molecular weight excluding hydrogens is 304 g/mol. The lowest BCUT2D eigenvalue weighted by atomic mass is 10.5. The Bertz CT molecular complexity index is 478. The molecule has 0 spiro atoms. The summed E-state index contributed by atoms with van der Waals surface area (Å²) in [7, 11) is -7.11. The van der Waals surface area contributed by atoms with E-state index in [-0.39, 0.29) is 17.5 Å². The topological polar surface area (TPSA) is 94.6 Å². The quantitative estimate of drug-likeness (QED) is 0.539. The Kier molecular flexibility index (Phi) is 9.00. The lowest BCUT2D eigenvalue weighted by molar-refractivity contribution is -0.137. The van der Waals surface area contributed by atoms with Crippen LogP contribution < -0.4 is 0 Å². The summed E-state index contributed by atoms with van der Waals surface area (Å²) in [5.41, 5.74) is 0. The van der Waals surface area contributed by atoms with Crippen LogP contribution in [0.4, 0.5) is 0 Å². The van der Waals surface area contributed by atoms with E-state index in [0.717, 1.165) is 6.08 Å². The molecule has 0 radical (unpaired) electrons. The average molecular weight is 328 g/mol. The Morgan fingerprint density at radius 2 is 1.40 bits per heavy atom. The molecule has 0 aromatic heterocycles. The van der Waals surface area contributed by atoms with Gasteiger partial charge in [0.25, 0.3) is 0 Å². The zero-order valence-corrected chi connectivity index (χ0v) is 14.3. The lowest BCUT2D eigenvalue weighted by Crippen LogP contribution is -2.42. The smallest absolute Gasteiger partial charge is 0.330 e. The van der Waals surface area contributed by atoms with Gasteiger partial charge in [0.05, 0.1) is 6.61 Å². The molecule has 0 bridgehead atoms. The van der Waals surface area contributed by atoms with Crippen molar-refractivity contribution in [1.29, 1.82) is 0 Å². The van der Waals surface area contributed by atoms with Gasteiger partial charge >= 0.3 is 5.97 Å². The van der Waals surface area contributed by atoms with Crippen molar-refractivity contribution in [3.05, 3.63) is 12.7 Å². The maximum Gasteiger partial charge on any atom is 0.330 e. The number of carbonyl (C=O) groups is 1. The van der Waals surface area contributed by atoms with Crippen molar-refractivity contribution in [3.63, 3.8) is 0 Å². The molecule has 8 heteroatoms. The molecule has 6 nitrogen and oxygen atoms in total. The van der Waals surface area contributed by atoms with E-state index in [9.17, 15) is 21.6 Å². The predicted octanol–water partition coefficient (Wildman–Crippen LogP) is 1.33. The normalized spacial score (nSPS) is 12.1. The van der Waals surface area contributed by atoms with Gasteiger partial charge in [-0.3, -0.25) is 0 Å². The van der Waals surface area contributed by atoms with Crippen molar-refractivity contribution in [2.45, 2.75) is 38.7 Å². The van der Waals surface area contributed by atoms with Crippen LogP contribution in [-0.4, -0.2) is 45.0 Å². The third-order valence-corrected chi connectivity index (χ3v) is 8.75. The van der Waals surface area contributed by atoms with E-state index in [2.05, 4.69) is 11.3 Å². The molecule has 0 aromatic rings. The number of carbonyl (C=O) groups excluding carboxylic acids is 1. The number of hydrogen-bond acceptors (Lipinski definition) is 6. The lowest BCUT2D eigenvalue weighted by Gasteiger charge is -2.23. The molecule has 0 aromatic carbocycles. The first kappa shape index (κ1) is 21.4. The molecule has 0 unspecified atom stereocenters. The van der Waals surface area contributed by atoms with E-state index in [4.69, 9.17) is 0 Å². The van der Waals surface area contributed by atoms with Gasteiger partial charge in [-0.25, -0.2) is 21.6 Å². The van der Waals surface area contributed by atoms with Crippen LogP contribution in [0.5, 0.6) is 0 Å². The molecular formula is C12H24O6S2. The Balaban J connectivity index is 0. The average Bonchev–Trinajstić information content (AvgIpc) is 2.39. The molecule has 0 heterocycles. The second kappa shape index (κ2) is 8.41. The van der Waals surface area contributed by atoms with Crippen LogP contribution in [0.15, 0.2) is 12.7 Å². The number of esters is 1. The van der Waals surface area contributed by atoms with Crippen LogP contribution in [-0.2, 0) is 29.2 Å². The Morgan fingerprint density at radius 1 is 1.05 bits per heavy atom. The maximum absolute atomic E-state index is 11.4. The van der Waals surface area contributed by atoms with Crippen molar-refractivity contribution >= 4 is 25.6 Å². The highest BCUT2D eigenvalue weighted by Crippen LogP contribution is 2.24. The van der Waals surface area contributed by atoms with E-state index in [1.54, 1.807) is 6.92 Å². The Labute approximate surface area is 122 Å². The number of sulfone groups is 2. The first-order valence-corrected chi connectivity index (χ1v) is 9.47. The van der Waals surface area contributed by atoms with Gasteiger partial charge in [-0.2, -0.15) is 0 Å². The Hall–Kier alpha value is -0.890. The molecule has 0 N–H and O–H groups in total. The minimum Gasteiger partial charge on any atom is -0.463 e. The van der Waals surface area contributed by atoms with Gasteiger partial charge in [0, 0.05) is 17.6 Å². The van der Waals surface area contributed by atoms with Gasteiger partial charge < -0.3 is 4.74 Å². The SMILES string of the molecule is C=CC(=O)OCC.CCS(=O)(=O)C(C)(C)S(=O)(=O)CC. The van der Waals surface area contributed by atoms with Crippen molar-refractivity contribution in [2.75, 3.05) is 18.1 Å². The third-order valence-electron chi connectivity index (χ3n) is 2.71. The summed E-state index contributed by atoms with van der Waals surface area (Å²) in [4.78, 5) is 10.1. The number of ether oxygens (including phenoxy) is 1. The number of hydrogen-bond donors (Lipinski definition) is 0. The molecule has 0 aliphatic carbocycles. The maximum atomic E-state index is 11.4. The standard InChI is InChI=1S/C7H16O4S2.C5H8O2/c1-5-12(8,9)7(3,4)13(10,11)6-2;1-3-5(6)7-4-2/h5-6H2,1-4H3;3H,1,4H2,2H3. The molecule has 0 fully saturated rings. The van der Waals surface area contributed by atoms with Crippen molar-refractivity contribution < 1.29 is 26.4 Å². The molecule has 0 saturated heterocycles. The fraction of sp³-hybridized carbons (Fsp3) is 0.750. The second-order valence-electron chi connectivity index (χ2n) is 4.16. The van der Waals surface area contributed by atoms with Crippen LogP contribution in [0.3, 0.4) is 0 Å². The highest BCUT2D eigenvalue weighted by molar-refractivity contribution is 8.10. The first-order valence-electron chi connectivity index (χ1n) is 6.17. The van der Waals surface area contributed by atoms with Crippen LogP contribution in [0.2, 0.25) is 0 Å². The monoisotopic (exact) mass is 328 g/mol. The van der Waals surface area contributed by atoms with E-state index in [1.165, 1.54) is 27.7 Å². The third kappa shape index (κ3) is 5.62. The van der Waals surface area contributed by atoms with Crippen molar-refractivity contribution in [3.8, 4) is 0 Å². The molecule has 0 aliphatic heterocycles. The molecule has 120 valence electrons. The summed E-state index contributed by atoms with van der Waals surface area (Å²) >= 11 is 0. The number of rotatable bonds is 6. The van der Waals surface area contributed by atoms with E-state index >= 15 is 0 Å². The largest absolute Gasteiger partial charge is 0.463 e. The van der Waals surface area contributed by atoms with E-state index in [0.29, 0.717) is 6.61 Å². The minimum atomic E-state index is -3.56.